The molecule has 6 aromatic rings. The number of aromatic amines is 1. The number of ether oxygens (including phenoxy) is 1. The van der Waals surface area contributed by atoms with Crippen LogP contribution in [0.2, 0.25) is 0 Å². The Morgan fingerprint density at radius 1 is 0.860 bits per heavy atom. The molecule has 3 aromatic carbocycles. The molecule has 214 valence electrons. The fourth-order valence-electron chi connectivity index (χ4n) is 5.85. The van der Waals surface area contributed by atoms with Crippen molar-refractivity contribution in [3.05, 3.63) is 124 Å². The summed E-state index contributed by atoms with van der Waals surface area (Å²) in [5.74, 6) is 0.403. The summed E-state index contributed by atoms with van der Waals surface area (Å²) in [5, 5.41) is 5.23. The Hall–Kier alpha value is -5.28. The van der Waals surface area contributed by atoms with Crippen LogP contribution in [-0.4, -0.2) is 45.8 Å². The van der Waals surface area contributed by atoms with E-state index in [1.807, 2.05) is 61.5 Å². The first kappa shape index (κ1) is 26.6. The molecule has 1 aliphatic rings. The molecule has 0 amide bonds. The Morgan fingerprint density at radius 3 is 2.44 bits per heavy atom. The molecular formula is C34H30N6O3. The van der Waals surface area contributed by atoms with Gasteiger partial charge >= 0.3 is 0 Å². The van der Waals surface area contributed by atoms with Crippen molar-refractivity contribution >= 4 is 33.3 Å². The zero-order valence-electron chi connectivity index (χ0n) is 23.7. The number of aromatic nitrogens is 4. The van der Waals surface area contributed by atoms with Crippen LogP contribution < -0.4 is 21.2 Å². The molecule has 9 heteroatoms. The molecule has 0 bridgehead atoms. The summed E-state index contributed by atoms with van der Waals surface area (Å²) in [6.45, 7) is 5.14. The van der Waals surface area contributed by atoms with Crippen LogP contribution in [0.15, 0.2) is 107 Å². The second kappa shape index (κ2) is 11.2. The van der Waals surface area contributed by atoms with Gasteiger partial charge in [-0.2, -0.15) is 0 Å². The van der Waals surface area contributed by atoms with E-state index in [2.05, 4.69) is 49.4 Å². The predicted octanol–water partition coefficient (Wildman–Crippen LogP) is 5.30. The van der Waals surface area contributed by atoms with Crippen molar-refractivity contribution in [3.63, 3.8) is 0 Å². The zero-order chi connectivity index (χ0) is 29.3. The lowest BCUT2D eigenvalue weighted by molar-refractivity contribution is 0.122. The van der Waals surface area contributed by atoms with Crippen molar-refractivity contribution in [2.24, 2.45) is 0 Å². The van der Waals surface area contributed by atoms with Gasteiger partial charge < -0.3 is 19.9 Å². The summed E-state index contributed by atoms with van der Waals surface area (Å²) < 4.78 is 7.25. The van der Waals surface area contributed by atoms with E-state index < -0.39 is 0 Å². The number of nitrogens with zero attached hydrogens (tertiary/aromatic N) is 4. The molecule has 2 N–H and O–H groups in total. The maximum Gasteiger partial charge on any atom is 0.263 e. The van der Waals surface area contributed by atoms with E-state index >= 15 is 0 Å². The second-order valence-electron chi connectivity index (χ2n) is 10.6. The molecule has 43 heavy (non-hydrogen) atoms. The molecule has 0 saturated carbocycles. The van der Waals surface area contributed by atoms with E-state index in [-0.39, 0.29) is 17.0 Å². The fourth-order valence-corrected chi connectivity index (χ4v) is 5.85. The standard InChI is InChI=1S/C34H30N6O3/c1-22(38-33-31-29(41)14-15-35-32(31)36-21-37-33)28-20-24-6-5-9-27(30(24)34(42)40(28)26-7-3-2-4-8-26)23-10-12-25(13-11-23)39-16-18-43-19-17-39/h2-15,20-22H,16-19H2,1H3,(H2,35,36,37,38,41)/t22-/m0/s1. The maximum atomic E-state index is 14.5. The van der Waals surface area contributed by atoms with Crippen molar-refractivity contribution in [2.45, 2.75) is 13.0 Å². The first-order valence-electron chi connectivity index (χ1n) is 14.3. The van der Waals surface area contributed by atoms with Gasteiger partial charge in [-0.15, -0.1) is 0 Å². The van der Waals surface area contributed by atoms with Gasteiger partial charge in [0, 0.05) is 42.4 Å². The highest BCUT2D eigenvalue weighted by Crippen LogP contribution is 2.31. The molecule has 9 nitrogen and oxygen atoms in total. The largest absolute Gasteiger partial charge is 0.378 e. The lowest BCUT2D eigenvalue weighted by atomic mass is 9.97. The molecule has 4 heterocycles. The number of benzene rings is 3. The number of pyridine rings is 2. The number of H-pyrrole nitrogens is 1. The van der Waals surface area contributed by atoms with Crippen LogP contribution in [0.4, 0.5) is 11.5 Å². The van der Waals surface area contributed by atoms with Gasteiger partial charge in [0.05, 0.1) is 24.6 Å². The minimum Gasteiger partial charge on any atom is -0.378 e. The number of morpholine rings is 1. The Kier molecular flexibility index (Phi) is 6.92. The molecule has 0 aliphatic carbocycles. The van der Waals surface area contributed by atoms with Gasteiger partial charge in [0.2, 0.25) is 0 Å². The first-order chi connectivity index (χ1) is 21.1. The minimum atomic E-state index is -0.383. The number of nitrogens with one attached hydrogen (secondary N) is 2. The van der Waals surface area contributed by atoms with Crippen molar-refractivity contribution < 1.29 is 4.74 Å². The molecule has 3 aromatic heterocycles. The third-order valence-corrected chi connectivity index (χ3v) is 7.99. The average Bonchev–Trinajstić information content (AvgIpc) is 3.05. The van der Waals surface area contributed by atoms with Crippen LogP contribution in [0.25, 0.3) is 38.6 Å². The molecule has 7 rings (SSSR count). The zero-order valence-corrected chi connectivity index (χ0v) is 23.7. The SMILES string of the molecule is C[C@H](Nc1ncnc2[nH]ccc(=O)c12)c1cc2cccc(-c3ccc(N4CCOCC4)cc3)c2c(=O)n1-c1ccccc1. The number of rotatable bonds is 6. The Morgan fingerprint density at radius 2 is 1.65 bits per heavy atom. The maximum absolute atomic E-state index is 14.5. The van der Waals surface area contributed by atoms with Crippen molar-refractivity contribution in [1.29, 1.82) is 0 Å². The summed E-state index contributed by atoms with van der Waals surface area (Å²) in [6.07, 6.45) is 2.98. The van der Waals surface area contributed by atoms with Crippen LogP contribution in [0.3, 0.4) is 0 Å². The molecule has 1 saturated heterocycles. The summed E-state index contributed by atoms with van der Waals surface area (Å²) in [4.78, 5) is 41.1. The minimum absolute atomic E-state index is 0.120. The van der Waals surface area contributed by atoms with Gasteiger partial charge in [0.15, 0.2) is 5.43 Å². The fraction of sp³-hybridized carbons (Fsp3) is 0.176. The van der Waals surface area contributed by atoms with Crippen molar-refractivity contribution in [1.82, 2.24) is 19.5 Å². The van der Waals surface area contributed by atoms with E-state index in [0.29, 0.717) is 22.2 Å². The van der Waals surface area contributed by atoms with Gasteiger partial charge in [0.1, 0.15) is 23.2 Å². The van der Waals surface area contributed by atoms with Crippen LogP contribution in [0.1, 0.15) is 18.7 Å². The third-order valence-electron chi connectivity index (χ3n) is 7.99. The van der Waals surface area contributed by atoms with Gasteiger partial charge in [-0.05, 0) is 53.8 Å². The quantitative estimate of drug-likeness (QED) is 0.280. The lowest BCUT2D eigenvalue weighted by Gasteiger charge is -2.29. The highest BCUT2D eigenvalue weighted by Gasteiger charge is 2.20. The molecule has 1 fully saturated rings. The number of para-hydroxylation sites is 1. The average molecular weight is 571 g/mol. The molecule has 0 spiro atoms. The van der Waals surface area contributed by atoms with Crippen LogP contribution in [-0.2, 0) is 4.74 Å². The van der Waals surface area contributed by atoms with Gasteiger partial charge in [0.25, 0.3) is 5.56 Å². The second-order valence-corrected chi connectivity index (χ2v) is 10.6. The summed E-state index contributed by atoms with van der Waals surface area (Å²) in [7, 11) is 0. The van der Waals surface area contributed by atoms with Gasteiger partial charge in [-0.3, -0.25) is 14.2 Å². The van der Waals surface area contributed by atoms with Crippen molar-refractivity contribution in [3.8, 4) is 16.8 Å². The number of hydrogen-bond donors (Lipinski definition) is 2. The van der Waals surface area contributed by atoms with E-state index in [1.54, 1.807) is 10.8 Å². The molecule has 1 aliphatic heterocycles. The smallest absolute Gasteiger partial charge is 0.263 e. The molecule has 1 atom stereocenters. The topological polar surface area (TPSA) is 105 Å². The van der Waals surface area contributed by atoms with Crippen LogP contribution >= 0.6 is 0 Å². The van der Waals surface area contributed by atoms with E-state index in [9.17, 15) is 9.59 Å². The number of hydrogen-bond acceptors (Lipinski definition) is 7. The highest BCUT2D eigenvalue weighted by molar-refractivity contribution is 5.97. The molecular weight excluding hydrogens is 540 g/mol. The monoisotopic (exact) mass is 570 g/mol. The molecule has 0 radical (unpaired) electrons. The predicted molar refractivity (Wildman–Crippen MR) is 170 cm³/mol. The first-order valence-corrected chi connectivity index (χ1v) is 14.3. The van der Waals surface area contributed by atoms with Gasteiger partial charge in [-0.1, -0.05) is 48.5 Å². The Labute approximate surface area is 247 Å². The Balaban J connectivity index is 1.36. The van der Waals surface area contributed by atoms with E-state index in [4.69, 9.17) is 4.74 Å². The van der Waals surface area contributed by atoms with Crippen LogP contribution in [0, 0.1) is 0 Å². The number of anilines is 2. The van der Waals surface area contributed by atoms with E-state index in [1.165, 1.54) is 12.4 Å². The summed E-state index contributed by atoms with van der Waals surface area (Å²) in [6, 6.07) is 27.1. The normalized spacial score (nSPS) is 14.2. The molecule has 0 unspecified atom stereocenters. The summed E-state index contributed by atoms with van der Waals surface area (Å²) >= 11 is 0. The lowest BCUT2D eigenvalue weighted by Crippen LogP contribution is -2.36. The Bertz CT molecular complexity index is 2040. The summed E-state index contributed by atoms with van der Waals surface area (Å²) in [5.41, 5.74) is 4.63. The van der Waals surface area contributed by atoms with E-state index in [0.717, 1.165) is 59.9 Å². The van der Waals surface area contributed by atoms with Crippen molar-refractivity contribution in [2.75, 3.05) is 36.5 Å². The third kappa shape index (κ3) is 4.93. The number of fused-ring (bicyclic) bond motifs is 2. The van der Waals surface area contributed by atoms with Crippen LogP contribution in [0.5, 0.6) is 0 Å². The van der Waals surface area contributed by atoms with Gasteiger partial charge in [-0.25, -0.2) is 9.97 Å². The highest BCUT2D eigenvalue weighted by atomic mass is 16.5.